The van der Waals surface area contributed by atoms with Gasteiger partial charge in [-0.2, -0.15) is 3.89 Å². The van der Waals surface area contributed by atoms with Crippen LogP contribution in [0.3, 0.4) is 0 Å². The van der Waals surface area contributed by atoms with E-state index in [1.165, 1.54) is 6.20 Å². The molecule has 0 aliphatic rings. The fraction of sp³-hybridized carbons (Fsp3) is 0.375. The Hall–Kier alpha value is -0.570. The highest BCUT2D eigenvalue weighted by atomic mass is 32.2. The van der Waals surface area contributed by atoms with E-state index in [-0.39, 0.29) is 12.1 Å². The van der Waals surface area contributed by atoms with Crippen LogP contribution in [0.5, 0.6) is 0 Å². The van der Waals surface area contributed by atoms with Crippen molar-refractivity contribution in [2.75, 3.05) is 0 Å². The van der Waals surface area contributed by atoms with Gasteiger partial charge in [0.2, 0.25) is 0 Å². The van der Waals surface area contributed by atoms with Gasteiger partial charge < -0.3 is 0 Å². The lowest BCUT2D eigenvalue weighted by atomic mass is 10.3. The van der Waals surface area contributed by atoms with Gasteiger partial charge in [-0.25, -0.2) is 0 Å². The van der Waals surface area contributed by atoms with Crippen molar-refractivity contribution in [2.45, 2.75) is 25.7 Å². The molecule has 3 heteroatoms. The lowest BCUT2D eigenvalue weighted by Crippen LogP contribution is -1.75. The summed E-state index contributed by atoms with van der Waals surface area (Å²) < 4.78 is 11.8. The summed E-state index contributed by atoms with van der Waals surface area (Å²) in [5.74, 6) is 0. The van der Waals surface area contributed by atoms with E-state index in [1.54, 1.807) is 12.3 Å². The lowest BCUT2D eigenvalue weighted by molar-refractivity contribution is 0.931. The summed E-state index contributed by atoms with van der Waals surface area (Å²) in [7, 11) is 0. The van der Waals surface area contributed by atoms with Crippen molar-refractivity contribution in [1.82, 2.24) is 4.98 Å². The van der Waals surface area contributed by atoms with E-state index >= 15 is 0 Å². The molecule has 0 atom stereocenters. The van der Waals surface area contributed by atoms with Gasteiger partial charge in [0.15, 0.2) is 0 Å². The van der Waals surface area contributed by atoms with E-state index in [2.05, 4.69) is 4.98 Å². The van der Waals surface area contributed by atoms with Crippen molar-refractivity contribution in [3.63, 3.8) is 0 Å². The predicted molar refractivity (Wildman–Crippen MR) is 47.3 cm³/mol. The number of hydrogen-bond acceptors (Lipinski definition) is 2. The van der Waals surface area contributed by atoms with E-state index in [0.717, 1.165) is 5.56 Å². The van der Waals surface area contributed by atoms with Crippen LogP contribution in [0.15, 0.2) is 23.4 Å². The molecule has 1 nitrogen and oxygen atoms in total. The van der Waals surface area contributed by atoms with Crippen molar-refractivity contribution in [2.24, 2.45) is 0 Å². The number of aryl methyl sites for hydroxylation is 1. The molecule has 62 valence electrons. The molecule has 0 radical (unpaired) electrons. The van der Waals surface area contributed by atoms with Crippen LogP contribution in [-0.2, 0) is 0 Å². The highest BCUT2D eigenvalue weighted by Crippen LogP contribution is 2.17. The zero-order valence-electron chi connectivity index (χ0n) is 6.97. The topological polar surface area (TPSA) is 12.9 Å². The van der Waals surface area contributed by atoms with Gasteiger partial charge in [0, 0.05) is 12.4 Å². The smallest absolute Gasteiger partial charge is 0.0828 e. The molecule has 0 spiro atoms. The molecule has 0 unspecified atom stereocenters. The number of halogens is 1. The van der Waals surface area contributed by atoms with Crippen molar-refractivity contribution in [3.05, 3.63) is 24.0 Å². The molecule has 0 aromatic carbocycles. The highest BCUT2D eigenvalue weighted by Gasteiger charge is 1.90. The first kappa shape index (κ1) is 10.4. The van der Waals surface area contributed by atoms with Crippen LogP contribution >= 0.6 is 12.1 Å². The SMILES string of the molecule is CC.Cc1cncc(SF)c1. The number of nitrogens with zero attached hydrogens (tertiary/aromatic N) is 1. The zero-order valence-corrected chi connectivity index (χ0v) is 7.78. The second-order valence-corrected chi connectivity index (χ2v) is 2.40. The van der Waals surface area contributed by atoms with Crippen LogP contribution in [0.2, 0.25) is 0 Å². The minimum atomic E-state index is 0.220. The Morgan fingerprint density at radius 2 is 2.00 bits per heavy atom. The first-order chi connectivity index (χ1) is 5.33. The van der Waals surface area contributed by atoms with E-state index in [4.69, 9.17) is 0 Å². The first-order valence-electron chi connectivity index (χ1n) is 3.53. The Morgan fingerprint density at radius 1 is 1.36 bits per heavy atom. The van der Waals surface area contributed by atoms with Gasteiger partial charge in [-0.05, 0) is 18.6 Å². The van der Waals surface area contributed by atoms with E-state index in [1.807, 2.05) is 20.8 Å². The van der Waals surface area contributed by atoms with Crippen molar-refractivity contribution >= 4 is 12.1 Å². The summed E-state index contributed by atoms with van der Waals surface area (Å²) >= 11 is 0.220. The zero-order chi connectivity index (χ0) is 8.69. The molecule has 1 aromatic rings. The second kappa shape index (κ2) is 6.16. The summed E-state index contributed by atoms with van der Waals surface area (Å²) in [6.07, 6.45) is 3.19. The molecule has 0 aliphatic carbocycles. The number of rotatable bonds is 1. The number of hydrogen-bond donors (Lipinski definition) is 0. The minimum absolute atomic E-state index is 0.220. The van der Waals surface area contributed by atoms with Crippen molar-refractivity contribution in [3.8, 4) is 0 Å². The molecular formula is C8H12FNS. The van der Waals surface area contributed by atoms with E-state index in [9.17, 15) is 3.89 Å². The van der Waals surface area contributed by atoms with E-state index < -0.39 is 0 Å². The predicted octanol–water partition coefficient (Wildman–Crippen LogP) is 3.39. The Labute approximate surface area is 71.3 Å². The molecule has 0 N–H and O–H groups in total. The standard InChI is InChI=1S/C6H6FNS.C2H6/c1-5-2-6(9-7)4-8-3-5;1-2/h2-4H,1H3;1-2H3. The third-order valence-electron chi connectivity index (χ3n) is 0.939. The molecule has 1 rings (SSSR count). The summed E-state index contributed by atoms with van der Waals surface area (Å²) in [4.78, 5) is 4.36. The van der Waals surface area contributed by atoms with Crippen LogP contribution in [0, 0.1) is 6.92 Å². The number of pyridine rings is 1. The average Bonchev–Trinajstić information content (AvgIpc) is 2.08. The Balaban J connectivity index is 0.000000461. The average molecular weight is 173 g/mol. The Bertz CT molecular complexity index is 203. The van der Waals surface area contributed by atoms with Gasteiger partial charge in [-0.15, -0.1) is 0 Å². The largest absolute Gasteiger partial charge is 0.263 e. The summed E-state index contributed by atoms with van der Waals surface area (Å²) in [5, 5.41) is 0. The van der Waals surface area contributed by atoms with E-state index in [0.29, 0.717) is 4.90 Å². The van der Waals surface area contributed by atoms with Crippen molar-refractivity contribution in [1.29, 1.82) is 0 Å². The quantitative estimate of drug-likeness (QED) is 0.645. The molecule has 1 aromatic heterocycles. The van der Waals surface area contributed by atoms with Crippen LogP contribution in [0.1, 0.15) is 19.4 Å². The van der Waals surface area contributed by atoms with Gasteiger partial charge in [0.05, 0.1) is 17.0 Å². The molecule has 0 bridgehead atoms. The van der Waals surface area contributed by atoms with Crippen molar-refractivity contribution < 1.29 is 3.89 Å². The van der Waals surface area contributed by atoms with Gasteiger partial charge in [0.1, 0.15) is 0 Å². The fourth-order valence-corrected chi connectivity index (χ4v) is 0.901. The molecule has 0 saturated carbocycles. The third kappa shape index (κ3) is 3.98. The number of aromatic nitrogens is 1. The van der Waals surface area contributed by atoms with Crippen LogP contribution in [0.25, 0.3) is 0 Å². The van der Waals surface area contributed by atoms with Gasteiger partial charge in [-0.3, -0.25) is 4.98 Å². The Morgan fingerprint density at radius 3 is 2.36 bits per heavy atom. The first-order valence-corrected chi connectivity index (χ1v) is 4.25. The summed E-state index contributed by atoms with van der Waals surface area (Å²) in [6, 6.07) is 1.75. The second-order valence-electron chi connectivity index (χ2n) is 1.78. The molecule has 0 amide bonds. The molecule has 0 aliphatic heterocycles. The normalized spacial score (nSPS) is 8.36. The van der Waals surface area contributed by atoms with Crippen LogP contribution < -0.4 is 0 Å². The maximum atomic E-state index is 11.8. The monoisotopic (exact) mass is 173 g/mol. The Kier molecular flexibility index (Phi) is 5.84. The maximum absolute atomic E-state index is 11.8. The van der Waals surface area contributed by atoms with Crippen LogP contribution in [0.4, 0.5) is 3.89 Å². The molecule has 1 heterocycles. The molecule has 0 saturated heterocycles. The molecule has 0 fully saturated rings. The van der Waals surface area contributed by atoms with Gasteiger partial charge in [-0.1, -0.05) is 13.8 Å². The fourth-order valence-electron chi connectivity index (χ4n) is 0.569. The summed E-state index contributed by atoms with van der Waals surface area (Å²) in [6.45, 7) is 5.88. The minimum Gasteiger partial charge on any atom is -0.263 e. The highest BCUT2D eigenvalue weighted by molar-refractivity contribution is 7.94. The van der Waals surface area contributed by atoms with Gasteiger partial charge in [0.25, 0.3) is 0 Å². The summed E-state index contributed by atoms with van der Waals surface area (Å²) in [5.41, 5.74) is 0.984. The maximum Gasteiger partial charge on any atom is 0.0828 e. The molecular weight excluding hydrogens is 161 g/mol. The van der Waals surface area contributed by atoms with Crippen LogP contribution in [-0.4, -0.2) is 4.98 Å². The lowest BCUT2D eigenvalue weighted by Gasteiger charge is -1.91. The molecule has 11 heavy (non-hydrogen) atoms. The van der Waals surface area contributed by atoms with Gasteiger partial charge >= 0.3 is 0 Å². The third-order valence-corrected chi connectivity index (χ3v) is 1.34.